The van der Waals surface area contributed by atoms with Crippen LogP contribution in [0.4, 0.5) is 0 Å². The molecule has 4 aliphatic carbocycles. The number of benzene rings is 1. The predicted molar refractivity (Wildman–Crippen MR) is 149 cm³/mol. The maximum Gasteiger partial charge on any atom is 0.231 e. The van der Waals surface area contributed by atoms with Gasteiger partial charge in [0.2, 0.25) is 12.5 Å². The maximum absolute atomic E-state index is 14.3. The lowest BCUT2D eigenvalue weighted by molar-refractivity contribution is -0.131. The van der Waals surface area contributed by atoms with Crippen molar-refractivity contribution in [2.75, 3.05) is 27.5 Å². The molecule has 1 aromatic carbocycles. The van der Waals surface area contributed by atoms with Crippen LogP contribution >= 0.6 is 0 Å². The van der Waals surface area contributed by atoms with Crippen LogP contribution in [0.5, 0.6) is 17.2 Å². The van der Waals surface area contributed by atoms with Gasteiger partial charge >= 0.3 is 0 Å². The summed E-state index contributed by atoms with van der Waals surface area (Å²) in [6, 6.07) is 2.10. The van der Waals surface area contributed by atoms with Gasteiger partial charge in [0.15, 0.2) is 11.5 Å². The number of ether oxygens (including phenoxy) is 3. The van der Waals surface area contributed by atoms with Crippen LogP contribution in [0, 0.1) is 34.5 Å². The monoisotopic (exact) mass is 535 g/mol. The summed E-state index contributed by atoms with van der Waals surface area (Å²) in [5.74, 6) is 4.74. The first-order chi connectivity index (χ1) is 18.7. The summed E-state index contributed by atoms with van der Waals surface area (Å²) in [5.41, 5.74) is 4.18. The molecule has 7 rings (SSSR count). The normalized spacial score (nSPS) is 40.7. The van der Waals surface area contributed by atoms with E-state index in [1.54, 1.807) is 7.11 Å². The van der Waals surface area contributed by atoms with Gasteiger partial charge in [-0.1, -0.05) is 25.5 Å². The highest BCUT2D eigenvalue weighted by Crippen LogP contribution is 2.66. The van der Waals surface area contributed by atoms with E-state index in [2.05, 4.69) is 37.9 Å². The second kappa shape index (κ2) is 9.24. The number of carbonyl (C=O) groups excluding carboxylic acids is 1. The molecular formula is C33H45NO5. The summed E-state index contributed by atoms with van der Waals surface area (Å²) in [7, 11) is 3.84. The fraction of sp³-hybridized carbons (Fsp3) is 0.727. The van der Waals surface area contributed by atoms with E-state index in [-0.39, 0.29) is 35.7 Å². The summed E-state index contributed by atoms with van der Waals surface area (Å²) in [4.78, 5) is 16.6. The zero-order valence-corrected chi connectivity index (χ0v) is 24.1. The van der Waals surface area contributed by atoms with Crippen LogP contribution in [0.15, 0.2) is 17.7 Å². The molecule has 0 amide bonds. The van der Waals surface area contributed by atoms with Crippen molar-refractivity contribution in [2.45, 2.75) is 90.2 Å². The van der Waals surface area contributed by atoms with Crippen molar-refractivity contribution in [3.8, 4) is 17.2 Å². The Labute approximate surface area is 233 Å². The topological polar surface area (TPSA) is 68.2 Å². The van der Waals surface area contributed by atoms with Gasteiger partial charge in [-0.2, -0.15) is 0 Å². The van der Waals surface area contributed by atoms with Crippen LogP contribution in [0.2, 0.25) is 0 Å². The number of Topliss-reactive ketones (excluding diaryl/α,β-unsaturated/α-hetero) is 1. The summed E-state index contributed by atoms with van der Waals surface area (Å²) >= 11 is 0. The average molecular weight is 536 g/mol. The highest BCUT2D eigenvalue weighted by molar-refractivity contribution is 5.83. The lowest BCUT2D eigenvalue weighted by atomic mass is 9.47. The van der Waals surface area contributed by atoms with Gasteiger partial charge in [0.05, 0.1) is 13.2 Å². The van der Waals surface area contributed by atoms with E-state index in [0.29, 0.717) is 35.7 Å². The Hall–Kier alpha value is -2.05. The third-order valence-corrected chi connectivity index (χ3v) is 12.4. The summed E-state index contributed by atoms with van der Waals surface area (Å²) in [6.45, 7) is 6.07. The molecular weight excluding hydrogens is 490 g/mol. The van der Waals surface area contributed by atoms with Crippen LogP contribution in [0.3, 0.4) is 0 Å². The molecule has 0 unspecified atom stereocenters. The first-order valence-electron chi connectivity index (χ1n) is 15.3. The molecule has 1 aromatic rings. The van der Waals surface area contributed by atoms with Crippen molar-refractivity contribution < 1.29 is 24.1 Å². The van der Waals surface area contributed by atoms with Crippen LogP contribution in [-0.4, -0.2) is 49.4 Å². The summed E-state index contributed by atoms with van der Waals surface area (Å²) in [6.07, 6.45) is 12.4. The number of aliphatic hydroxyl groups is 1. The minimum atomic E-state index is -0.162. The second-order valence-corrected chi connectivity index (χ2v) is 14.0. The fourth-order valence-electron chi connectivity index (χ4n) is 10.3. The third kappa shape index (κ3) is 3.76. The van der Waals surface area contributed by atoms with Crippen molar-refractivity contribution in [1.82, 2.24) is 4.90 Å². The van der Waals surface area contributed by atoms with Crippen LogP contribution < -0.4 is 14.2 Å². The van der Waals surface area contributed by atoms with E-state index in [1.807, 2.05) is 0 Å². The SMILES string of the molecule is COc1c2c(cc3c1[C@H](CC(=O)[C@@H]1CC[C@@H]4[C@@H]5CC=C6C[C@@H](O)CC[C@]6(C)[C@H]5CC[C@@]41C)N(C)CC3)OCO2. The Morgan fingerprint density at radius 1 is 1.15 bits per heavy atom. The number of hydrogen-bond donors (Lipinski definition) is 1. The Morgan fingerprint density at radius 3 is 2.82 bits per heavy atom. The minimum Gasteiger partial charge on any atom is -0.492 e. The van der Waals surface area contributed by atoms with Crippen molar-refractivity contribution >= 4 is 5.78 Å². The highest BCUT2D eigenvalue weighted by Gasteiger charge is 2.60. The number of nitrogens with zero attached hydrogens (tertiary/aromatic N) is 1. The Kier molecular flexibility index (Phi) is 6.13. The molecule has 2 aliphatic heterocycles. The van der Waals surface area contributed by atoms with Crippen molar-refractivity contribution in [2.24, 2.45) is 34.5 Å². The molecule has 1 N–H and O–H groups in total. The zero-order valence-electron chi connectivity index (χ0n) is 24.1. The number of fused-ring (bicyclic) bond motifs is 7. The number of ketones is 1. The number of methoxy groups -OCH3 is 1. The van der Waals surface area contributed by atoms with Crippen LogP contribution in [0.25, 0.3) is 0 Å². The van der Waals surface area contributed by atoms with Crippen molar-refractivity contribution in [3.63, 3.8) is 0 Å². The zero-order chi connectivity index (χ0) is 27.1. The quantitative estimate of drug-likeness (QED) is 0.488. The van der Waals surface area contributed by atoms with E-state index in [4.69, 9.17) is 14.2 Å². The average Bonchev–Trinajstić information content (AvgIpc) is 3.53. The van der Waals surface area contributed by atoms with Gasteiger partial charge < -0.3 is 19.3 Å². The molecule has 0 aromatic heterocycles. The number of carbonyl (C=O) groups is 1. The largest absolute Gasteiger partial charge is 0.492 e. The van der Waals surface area contributed by atoms with E-state index in [0.717, 1.165) is 68.6 Å². The minimum absolute atomic E-state index is 0.00237. The number of allylic oxidation sites excluding steroid dienone is 1. The molecule has 0 saturated heterocycles. The van der Waals surface area contributed by atoms with E-state index >= 15 is 0 Å². The van der Waals surface area contributed by atoms with Gasteiger partial charge in [0.1, 0.15) is 5.78 Å². The molecule has 2 heterocycles. The smallest absolute Gasteiger partial charge is 0.231 e. The van der Waals surface area contributed by atoms with Gasteiger partial charge in [-0.3, -0.25) is 9.69 Å². The predicted octanol–water partition coefficient (Wildman–Crippen LogP) is 5.85. The lowest BCUT2D eigenvalue weighted by Crippen LogP contribution is -2.51. The van der Waals surface area contributed by atoms with Gasteiger partial charge in [-0.25, -0.2) is 0 Å². The molecule has 39 heavy (non-hydrogen) atoms. The van der Waals surface area contributed by atoms with Crippen LogP contribution in [-0.2, 0) is 11.2 Å². The molecule has 0 spiro atoms. The fourth-order valence-corrected chi connectivity index (χ4v) is 10.3. The Morgan fingerprint density at radius 2 is 2.00 bits per heavy atom. The van der Waals surface area contributed by atoms with Crippen molar-refractivity contribution in [1.29, 1.82) is 0 Å². The summed E-state index contributed by atoms with van der Waals surface area (Å²) < 4.78 is 17.4. The van der Waals surface area contributed by atoms with Crippen LogP contribution in [0.1, 0.15) is 88.8 Å². The van der Waals surface area contributed by atoms with E-state index in [9.17, 15) is 9.90 Å². The molecule has 3 saturated carbocycles. The molecule has 0 radical (unpaired) electrons. The maximum atomic E-state index is 14.3. The van der Waals surface area contributed by atoms with E-state index < -0.39 is 0 Å². The van der Waals surface area contributed by atoms with Gasteiger partial charge in [-0.15, -0.1) is 0 Å². The van der Waals surface area contributed by atoms with Gasteiger partial charge in [0.25, 0.3) is 0 Å². The summed E-state index contributed by atoms with van der Waals surface area (Å²) in [5, 5.41) is 10.3. The van der Waals surface area contributed by atoms with Gasteiger partial charge in [-0.05, 0) is 105 Å². The number of hydrogen-bond acceptors (Lipinski definition) is 6. The highest BCUT2D eigenvalue weighted by atomic mass is 16.7. The number of rotatable bonds is 4. The molecule has 6 aliphatic rings. The second-order valence-electron chi connectivity index (χ2n) is 14.0. The molecule has 0 bridgehead atoms. The van der Waals surface area contributed by atoms with Crippen molar-refractivity contribution in [3.05, 3.63) is 28.8 Å². The lowest BCUT2D eigenvalue weighted by Gasteiger charge is -2.58. The number of likely N-dealkylation sites (N-methyl/N-ethyl adjacent to an activating group) is 1. The molecule has 6 nitrogen and oxygen atoms in total. The molecule has 212 valence electrons. The Bertz CT molecular complexity index is 1210. The molecule has 6 heteroatoms. The molecule has 3 fully saturated rings. The molecule has 8 atom stereocenters. The number of aliphatic hydroxyl groups excluding tert-OH is 1. The standard InChI is InChI=1S/C33H45NO5/c1-32-12-9-21(35)16-20(32)5-6-22-23-7-8-25(33(23,2)13-10-24(22)32)27(36)17-26-29-19(11-14-34(26)3)15-28-30(31(29)37-4)39-18-38-28/h5,15,21-26,35H,6-14,16-18H2,1-4H3/t21-,22-,23+,24-,25-,26-,32-,33-/m0/s1. The van der Waals surface area contributed by atoms with E-state index in [1.165, 1.54) is 24.0 Å². The first-order valence-corrected chi connectivity index (χ1v) is 15.3. The third-order valence-electron chi connectivity index (χ3n) is 12.4. The van der Waals surface area contributed by atoms with Gasteiger partial charge in [0, 0.05) is 30.5 Å². The first kappa shape index (κ1) is 25.9. The Balaban J connectivity index is 1.15.